The van der Waals surface area contributed by atoms with Crippen molar-refractivity contribution < 1.29 is 9.59 Å². The van der Waals surface area contributed by atoms with Crippen LogP contribution in [0.5, 0.6) is 0 Å². The third-order valence-electron chi connectivity index (χ3n) is 3.41. The fourth-order valence-corrected chi connectivity index (χ4v) is 2.16. The molecule has 1 aliphatic rings. The molecule has 0 radical (unpaired) electrons. The molecule has 5 nitrogen and oxygen atoms in total. The average molecular weight is 326 g/mol. The van der Waals surface area contributed by atoms with Crippen molar-refractivity contribution in [3.8, 4) is 0 Å². The third kappa shape index (κ3) is 3.69. The molecule has 0 spiro atoms. The van der Waals surface area contributed by atoms with Crippen molar-refractivity contribution in [2.24, 2.45) is 5.73 Å². The Balaban J connectivity index is 0.00000220. The Labute approximate surface area is 135 Å². The van der Waals surface area contributed by atoms with Gasteiger partial charge in [-0.15, -0.1) is 0 Å². The van der Waals surface area contributed by atoms with E-state index in [0.717, 1.165) is 18.4 Å². The van der Waals surface area contributed by atoms with Crippen molar-refractivity contribution >= 4 is 36.9 Å². The molecule has 0 bridgehead atoms. The number of rotatable bonds is 4. The Morgan fingerprint density at radius 2 is 2.05 bits per heavy atom. The summed E-state index contributed by atoms with van der Waals surface area (Å²) < 4.78 is 0. The first-order chi connectivity index (χ1) is 9.38. The van der Waals surface area contributed by atoms with Crippen LogP contribution in [0.15, 0.2) is 18.2 Å². The quantitative estimate of drug-likeness (QED) is 0.830. The van der Waals surface area contributed by atoms with Crippen LogP contribution >= 0.6 is 25.1 Å². The molecule has 0 aliphatic heterocycles. The maximum absolute atomic E-state index is 12.0. The molecular formula is C14H16ClN3O2S. The number of halogens is 1. The summed E-state index contributed by atoms with van der Waals surface area (Å²) in [7, 11) is 0. The molecule has 1 saturated carbocycles. The molecule has 1 atom stereocenters. The Kier molecular flexibility index (Phi) is 5.26. The lowest BCUT2D eigenvalue weighted by molar-refractivity contribution is -0.119. The topological polar surface area (TPSA) is 76.6 Å². The van der Waals surface area contributed by atoms with Crippen LogP contribution in [0.2, 0.25) is 5.02 Å². The highest BCUT2D eigenvalue weighted by atomic mass is 35.5. The highest BCUT2D eigenvalue weighted by Gasteiger charge is 2.52. The van der Waals surface area contributed by atoms with Crippen molar-refractivity contribution in [3.63, 3.8) is 0 Å². The number of nitrogens with two attached hydrogens (primary N) is 1. The van der Waals surface area contributed by atoms with Crippen LogP contribution in [0, 0.1) is 6.57 Å². The number of benzene rings is 1. The monoisotopic (exact) mass is 325 g/mol. The zero-order valence-electron chi connectivity index (χ0n) is 11.4. The van der Waals surface area contributed by atoms with Crippen LogP contribution in [0.1, 0.15) is 35.7 Å². The van der Waals surface area contributed by atoms with Gasteiger partial charge in [0.2, 0.25) is 5.91 Å². The highest BCUT2D eigenvalue weighted by Crippen LogP contribution is 2.50. The number of amides is 2. The minimum Gasteiger partial charge on any atom is -0.368 e. The summed E-state index contributed by atoms with van der Waals surface area (Å²) >= 11 is 6.01. The number of hydrogen-bond donors (Lipinski definition) is 2. The van der Waals surface area contributed by atoms with E-state index in [4.69, 9.17) is 23.9 Å². The smallest absolute Gasteiger partial charge is 0.258 e. The van der Waals surface area contributed by atoms with Crippen molar-refractivity contribution in [3.05, 3.63) is 45.8 Å². The summed E-state index contributed by atoms with van der Waals surface area (Å²) in [5.74, 6) is -1.04. The summed E-state index contributed by atoms with van der Waals surface area (Å²) in [5.41, 5.74) is 5.65. The molecule has 0 aromatic heterocycles. The summed E-state index contributed by atoms with van der Waals surface area (Å²) in [6.07, 6.45) is 1.55. The second-order valence-electron chi connectivity index (χ2n) is 4.97. The first-order valence-electron chi connectivity index (χ1n) is 6.18. The van der Waals surface area contributed by atoms with Crippen molar-refractivity contribution in [2.45, 2.75) is 31.3 Å². The first-order valence-corrected chi connectivity index (χ1v) is 6.55. The Morgan fingerprint density at radius 1 is 1.43 bits per heavy atom. The van der Waals surface area contributed by atoms with Crippen molar-refractivity contribution in [1.29, 1.82) is 0 Å². The molecule has 1 aliphatic carbocycles. The minimum absolute atomic E-state index is 0. The molecule has 1 aromatic rings. The zero-order valence-corrected chi connectivity index (χ0v) is 13.2. The van der Waals surface area contributed by atoms with Gasteiger partial charge in [-0.05, 0) is 25.1 Å². The lowest BCUT2D eigenvalue weighted by Gasteiger charge is -2.12. The molecule has 112 valence electrons. The number of nitrogens with one attached hydrogen (secondary N) is 1. The van der Waals surface area contributed by atoms with Crippen LogP contribution in [0.3, 0.4) is 0 Å². The van der Waals surface area contributed by atoms with E-state index in [1.807, 2.05) is 0 Å². The summed E-state index contributed by atoms with van der Waals surface area (Å²) in [4.78, 5) is 26.6. The van der Waals surface area contributed by atoms with E-state index >= 15 is 0 Å². The lowest BCUT2D eigenvalue weighted by atomic mass is 10.0. The number of hydrogen-bond acceptors (Lipinski definition) is 2. The van der Waals surface area contributed by atoms with Crippen LogP contribution in [-0.2, 0) is 10.3 Å². The van der Waals surface area contributed by atoms with Crippen LogP contribution in [-0.4, -0.2) is 17.9 Å². The minimum atomic E-state index is -0.763. The Hall–Kier alpha value is -1.71. The van der Waals surface area contributed by atoms with Gasteiger partial charge in [0.1, 0.15) is 6.04 Å². The van der Waals surface area contributed by atoms with Crippen LogP contribution in [0.4, 0.5) is 0 Å². The maximum Gasteiger partial charge on any atom is 0.258 e. The average Bonchev–Trinajstić information content (AvgIpc) is 3.18. The number of nitrogens with zero attached hydrogens (tertiary/aromatic N) is 1. The molecule has 0 unspecified atom stereocenters. The van der Waals surface area contributed by atoms with Crippen molar-refractivity contribution in [1.82, 2.24) is 5.32 Å². The second-order valence-corrected chi connectivity index (χ2v) is 5.41. The molecular weight excluding hydrogens is 310 g/mol. The van der Waals surface area contributed by atoms with Gasteiger partial charge in [-0.3, -0.25) is 9.59 Å². The molecule has 0 heterocycles. The predicted molar refractivity (Wildman–Crippen MR) is 85.5 cm³/mol. The molecule has 2 rings (SSSR count). The Morgan fingerprint density at radius 3 is 2.52 bits per heavy atom. The van der Waals surface area contributed by atoms with E-state index in [0.29, 0.717) is 10.6 Å². The van der Waals surface area contributed by atoms with Gasteiger partial charge < -0.3 is 15.9 Å². The fraction of sp³-hybridized carbons (Fsp3) is 0.357. The van der Waals surface area contributed by atoms with Gasteiger partial charge in [0, 0.05) is 29.0 Å². The third-order valence-corrected chi connectivity index (χ3v) is 3.63. The van der Waals surface area contributed by atoms with Gasteiger partial charge >= 0.3 is 0 Å². The SMILES string of the molecule is S.[C-]#[N+]C1(c2cc(Cl)cc(C(=O)N[C@@H](C)C(N)=O)c2)CC1. The normalized spacial score (nSPS) is 16.0. The largest absolute Gasteiger partial charge is 0.368 e. The number of carbonyl (C=O) groups excluding carboxylic acids is 2. The van der Waals surface area contributed by atoms with E-state index in [1.54, 1.807) is 12.1 Å². The molecule has 0 saturated heterocycles. The van der Waals surface area contributed by atoms with Crippen LogP contribution < -0.4 is 11.1 Å². The van der Waals surface area contributed by atoms with E-state index in [-0.39, 0.29) is 13.5 Å². The lowest BCUT2D eigenvalue weighted by Crippen LogP contribution is -2.42. The summed E-state index contributed by atoms with van der Waals surface area (Å²) in [5, 5.41) is 2.89. The van der Waals surface area contributed by atoms with Gasteiger partial charge in [-0.25, -0.2) is 6.57 Å². The summed E-state index contributed by atoms with van der Waals surface area (Å²) in [6, 6.07) is 4.11. The molecule has 1 fully saturated rings. The standard InChI is InChI=1S/C14H14ClN3O2.H2S/c1-8(12(16)19)18-13(20)9-5-10(7-11(15)6-9)14(17-2)3-4-14;/h5-8H,3-4H2,1H3,(H2,16,19)(H,18,20);1H2/t8-;/m0./s1. The number of primary amides is 1. The van der Waals surface area contributed by atoms with Gasteiger partial charge in [0.15, 0.2) is 0 Å². The van der Waals surface area contributed by atoms with Gasteiger partial charge in [-0.1, -0.05) is 11.6 Å². The van der Waals surface area contributed by atoms with E-state index in [9.17, 15) is 9.59 Å². The fourth-order valence-electron chi connectivity index (χ4n) is 1.92. The van der Waals surface area contributed by atoms with Crippen molar-refractivity contribution in [2.75, 3.05) is 0 Å². The molecule has 3 N–H and O–H groups in total. The maximum atomic E-state index is 12.0. The predicted octanol–water partition coefficient (Wildman–Crippen LogP) is 1.96. The van der Waals surface area contributed by atoms with E-state index in [2.05, 4.69) is 10.2 Å². The van der Waals surface area contributed by atoms with E-state index in [1.165, 1.54) is 13.0 Å². The first kappa shape index (κ1) is 17.3. The summed E-state index contributed by atoms with van der Waals surface area (Å²) in [6.45, 7) is 8.75. The zero-order chi connectivity index (χ0) is 14.9. The van der Waals surface area contributed by atoms with Crippen LogP contribution in [0.25, 0.3) is 4.85 Å². The van der Waals surface area contributed by atoms with E-state index < -0.39 is 23.4 Å². The van der Waals surface area contributed by atoms with Gasteiger partial charge in [0.05, 0.1) is 0 Å². The Bertz CT molecular complexity index is 623. The molecule has 7 heteroatoms. The number of carbonyl (C=O) groups is 2. The van der Waals surface area contributed by atoms with Gasteiger partial charge in [-0.2, -0.15) is 13.5 Å². The molecule has 1 aromatic carbocycles. The molecule has 2 amide bonds. The molecule has 21 heavy (non-hydrogen) atoms. The second kappa shape index (κ2) is 6.37. The highest BCUT2D eigenvalue weighted by molar-refractivity contribution is 7.59. The van der Waals surface area contributed by atoms with Gasteiger partial charge in [0.25, 0.3) is 11.4 Å².